The summed E-state index contributed by atoms with van der Waals surface area (Å²) in [4.78, 5) is 13.4. The maximum absolute atomic E-state index is 12.1. The maximum Gasteiger partial charge on any atom is 0.245 e. The minimum atomic E-state index is -3.65. The summed E-state index contributed by atoms with van der Waals surface area (Å²) < 4.78 is 30.2. The van der Waals surface area contributed by atoms with Gasteiger partial charge in [0.05, 0.1) is 24.1 Å². The molecule has 0 aromatic heterocycles. The second-order valence-electron chi connectivity index (χ2n) is 4.79. The number of rotatable bonds is 5. The zero-order valence-electron chi connectivity index (χ0n) is 12.6. The minimum absolute atomic E-state index is 0.271. The van der Waals surface area contributed by atoms with E-state index < -0.39 is 16.1 Å². The number of hydrogen-bond donors (Lipinski definition) is 0. The molecule has 0 saturated carbocycles. The van der Waals surface area contributed by atoms with Crippen molar-refractivity contribution < 1.29 is 17.9 Å². The van der Waals surface area contributed by atoms with Crippen molar-refractivity contribution >= 4 is 33.2 Å². The Morgan fingerprint density at radius 2 is 1.90 bits per heavy atom. The Hall–Kier alpha value is -1.47. The van der Waals surface area contributed by atoms with E-state index in [0.717, 1.165) is 10.6 Å². The average molecular weight is 335 g/mol. The molecule has 0 fully saturated rings. The highest BCUT2D eigenvalue weighted by Crippen LogP contribution is 2.31. The van der Waals surface area contributed by atoms with Gasteiger partial charge in [0.2, 0.25) is 15.9 Å². The molecule has 1 amide bonds. The second kappa shape index (κ2) is 6.53. The molecule has 118 valence electrons. The van der Waals surface area contributed by atoms with Crippen LogP contribution in [0.5, 0.6) is 5.75 Å². The number of likely N-dealkylation sites (N-methyl/N-ethyl adjacent to an activating group) is 1. The van der Waals surface area contributed by atoms with Gasteiger partial charge >= 0.3 is 0 Å². The summed E-state index contributed by atoms with van der Waals surface area (Å²) in [6.45, 7) is 1.53. The van der Waals surface area contributed by atoms with Gasteiger partial charge in [-0.2, -0.15) is 0 Å². The quantitative estimate of drug-likeness (QED) is 0.820. The summed E-state index contributed by atoms with van der Waals surface area (Å²) in [5.41, 5.74) is 0.311. The van der Waals surface area contributed by atoms with E-state index >= 15 is 0 Å². The Balaban J connectivity index is 3.34. The zero-order valence-corrected chi connectivity index (χ0v) is 14.2. The van der Waals surface area contributed by atoms with Crippen molar-refractivity contribution in [2.45, 2.75) is 13.0 Å². The van der Waals surface area contributed by atoms with Crippen LogP contribution in [-0.2, 0) is 14.8 Å². The molecule has 1 aromatic carbocycles. The number of benzene rings is 1. The summed E-state index contributed by atoms with van der Waals surface area (Å²) >= 11 is 6.03. The van der Waals surface area contributed by atoms with E-state index in [0.29, 0.717) is 11.4 Å². The average Bonchev–Trinajstić information content (AvgIpc) is 2.36. The molecule has 0 unspecified atom stereocenters. The predicted molar refractivity (Wildman–Crippen MR) is 83.5 cm³/mol. The third kappa shape index (κ3) is 4.01. The van der Waals surface area contributed by atoms with Gasteiger partial charge < -0.3 is 9.64 Å². The molecule has 0 aliphatic heterocycles. The topological polar surface area (TPSA) is 66.9 Å². The van der Waals surface area contributed by atoms with Crippen LogP contribution in [0, 0.1) is 0 Å². The van der Waals surface area contributed by atoms with E-state index in [1.165, 1.54) is 25.0 Å². The van der Waals surface area contributed by atoms with E-state index in [1.54, 1.807) is 26.2 Å². The maximum atomic E-state index is 12.1. The number of sulfonamides is 1. The number of anilines is 1. The van der Waals surface area contributed by atoms with Crippen LogP contribution in [0.15, 0.2) is 18.2 Å². The van der Waals surface area contributed by atoms with Crippen molar-refractivity contribution in [2.24, 2.45) is 0 Å². The molecule has 0 N–H and O–H groups in total. The molecule has 0 heterocycles. The lowest BCUT2D eigenvalue weighted by molar-refractivity contribution is -0.129. The van der Waals surface area contributed by atoms with Gasteiger partial charge in [-0.25, -0.2) is 8.42 Å². The normalized spacial score (nSPS) is 12.7. The van der Waals surface area contributed by atoms with Gasteiger partial charge in [-0.15, -0.1) is 0 Å². The van der Waals surface area contributed by atoms with E-state index in [1.807, 2.05) is 0 Å². The first-order valence-corrected chi connectivity index (χ1v) is 8.36. The molecule has 0 bridgehead atoms. The first-order chi connectivity index (χ1) is 9.59. The number of carbonyl (C=O) groups is 1. The van der Waals surface area contributed by atoms with Crippen molar-refractivity contribution in [3.05, 3.63) is 23.2 Å². The van der Waals surface area contributed by atoms with Gasteiger partial charge in [-0.3, -0.25) is 9.10 Å². The largest absolute Gasteiger partial charge is 0.495 e. The van der Waals surface area contributed by atoms with Crippen LogP contribution in [0.1, 0.15) is 6.92 Å². The van der Waals surface area contributed by atoms with Crippen LogP contribution >= 0.6 is 11.6 Å². The molecule has 1 aromatic rings. The molecule has 6 nitrogen and oxygen atoms in total. The fourth-order valence-electron chi connectivity index (χ4n) is 1.97. The molecule has 8 heteroatoms. The van der Waals surface area contributed by atoms with Crippen molar-refractivity contribution in [1.29, 1.82) is 0 Å². The van der Waals surface area contributed by atoms with E-state index in [2.05, 4.69) is 0 Å². The van der Waals surface area contributed by atoms with Crippen LogP contribution < -0.4 is 9.04 Å². The standard InChI is InChI=1S/C13H19ClN2O4S/c1-9(13(17)15(2)3)16(21(5,18)19)10-6-7-12(20-4)11(14)8-10/h6-9H,1-5H3/t9-/m0/s1. The molecular weight excluding hydrogens is 316 g/mol. The van der Waals surface area contributed by atoms with Crippen LogP contribution in [0.3, 0.4) is 0 Å². The molecular formula is C13H19ClN2O4S. The monoisotopic (exact) mass is 334 g/mol. The van der Waals surface area contributed by atoms with Gasteiger partial charge in [0, 0.05) is 14.1 Å². The first-order valence-electron chi connectivity index (χ1n) is 6.13. The molecule has 21 heavy (non-hydrogen) atoms. The van der Waals surface area contributed by atoms with Gasteiger partial charge in [0.1, 0.15) is 11.8 Å². The summed E-state index contributed by atoms with van der Waals surface area (Å²) in [5.74, 6) is 0.104. The number of amides is 1. The highest BCUT2D eigenvalue weighted by molar-refractivity contribution is 7.92. The Bertz CT molecular complexity index is 631. The smallest absolute Gasteiger partial charge is 0.245 e. The summed E-state index contributed by atoms with van der Waals surface area (Å²) in [5, 5.41) is 0.271. The third-order valence-corrected chi connectivity index (χ3v) is 4.43. The third-order valence-electron chi connectivity index (χ3n) is 2.90. The van der Waals surface area contributed by atoms with Crippen LogP contribution in [0.25, 0.3) is 0 Å². The number of nitrogens with zero attached hydrogens (tertiary/aromatic N) is 2. The Kier molecular flexibility index (Phi) is 5.47. The number of halogens is 1. The molecule has 0 spiro atoms. The molecule has 0 aliphatic rings. The lowest BCUT2D eigenvalue weighted by Gasteiger charge is -2.30. The highest BCUT2D eigenvalue weighted by atomic mass is 35.5. The Labute approximate surface area is 130 Å². The van der Waals surface area contributed by atoms with Gasteiger partial charge in [-0.05, 0) is 25.1 Å². The molecule has 0 radical (unpaired) electrons. The van der Waals surface area contributed by atoms with E-state index in [-0.39, 0.29) is 10.9 Å². The summed E-state index contributed by atoms with van der Waals surface area (Å²) in [6.07, 6.45) is 1.05. The Morgan fingerprint density at radius 3 is 2.29 bits per heavy atom. The van der Waals surface area contributed by atoms with Gasteiger partial charge in [0.15, 0.2) is 0 Å². The van der Waals surface area contributed by atoms with Gasteiger partial charge in [-0.1, -0.05) is 11.6 Å². The first kappa shape index (κ1) is 17.6. The van der Waals surface area contributed by atoms with E-state index in [9.17, 15) is 13.2 Å². The SMILES string of the molecule is COc1ccc(N([C@@H](C)C(=O)N(C)C)S(C)(=O)=O)cc1Cl. The number of methoxy groups -OCH3 is 1. The summed E-state index contributed by atoms with van der Waals surface area (Å²) in [7, 11) is 0.959. The predicted octanol–water partition coefficient (Wildman–Crippen LogP) is 1.59. The van der Waals surface area contributed by atoms with Crippen molar-refractivity contribution in [1.82, 2.24) is 4.90 Å². The summed E-state index contributed by atoms with van der Waals surface area (Å²) in [6, 6.07) is 3.69. The van der Waals surface area contributed by atoms with Crippen molar-refractivity contribution in [3.63, 3.8) is 0 Å². The number of hydrogen-bond acceptors (Lipinski definition) is 4. The van der Waals surface area contributed by atoms with Crippen LogP contribution in [0.2, 0.25) is 5.02 Å². The fourth-order valence-corrected chi connectivity index (χ4v) is 3.38. The molecule has 1 atom stereocenters. The molecule has 0 aliphatic carbocycles. The van der Waals surface area contributed by atoms with Crippen molar-refractivity contribution in [3.8, 4) is 5.75 Å². The minimum Gasteiger partial charge on any atom is -0.495 e. The van der Waals surface area contributed by atoms with Crippen molar-refractivity contribution in [2.75, 3.05) is 31.8 Å². The second-order valence-corrected chi connectivity index (χ2v) is 7.05. The zero-order chi connectivity index (χ0) is 16.4. The molecule has 1 rings (SSSR count). The Morgan fingerprint density at radius 1 is 1.33 bits per heavy atom. The highest BCUT2D eigenvalue weighted by Gasteiger charge is 2.30. The fraction of sp³-hybridized carbons (Fsp3) is 0.462. The lowest BCUT2D eigenvalue weighted by atomic mass is 10.2. The van der Waals surface area contributed by atoms with Crippen LogP contribution in [-0.4, -0.2) is 52.7 Å². The van der Waals surface area contributed by atoms with Crippen LogP contribution in [0.4, 0.5) is 5.69 Å². The number of ether oxygens (including phenoxy) is 1. The van der Waals surface area contributed by atoms with E-state index in [4.69, 9.17) is 16.3 Å². The number of carbonyl (C=O) groups excluding carboxylic acids is 1. The van der Waals surface area contributed by atoms with Gasteiger partial charge in [0.25, 0.3) is 0 Å². The lowest BCUT2D eigenvalue weighted by Crippen LogP contribution is -2.47. The molecule has 0 saturated heterocycles.